The van der Waals surface area contributed by atoms with Crippen molar-refractivity contribution >= 4 is 22.6 Å². The van der Waals surface area contributed by atoms with Crippen molar-refractivity contribution < 1.29 is 26.9 Å². The summed E-state index contributed by atoms with van der Waals surface area (Å²) >= 11 is 1.48. The van der Waals surface area contributed by atoms with E-state index in [-0.39, 0.29) is 22.7 Å². The Hall–Kier alpha value is -1.08. The van der Waals surface area contributed by atoms with Crippen molar-refractivity contribution in [1.29, 1.82) is 0 Å². The molecule has 3 N–H and O–H groups in total. The molecule has 94 valence electrons. The molecule has 0 saturated heterocycles. The van der Waals surface area contributed by atoms with E-state index >= 15 is 0 Å². The maximum atomic E-state index is 10.4. The van der Waals surface area contributed by atoms with Crippen LogP contribution >= 0.6 is 11.8 Å². The number of hydrogen-bond acceptors (Lipinski definition) is 3. The highest BCUT2D eigenvalue weighted by Gasteiger charge is 2.05. The van der Waals surface area contributed by atoms with Gasteiger partial charge in [-0.25, -0.2) is 0 Å². The lowest BCUT2D eigenvalue weighted by atomic mass is 10.2. The van der Waals surface area contributed by atoms with Crippen LogP contribution in [0.15, 0.2) is 24.3 Å². The molecule has 1 aromatic rings. The first-order valence-electron chi connectivity index (χ1n) is 4.86. The number of hydrogen-bond donors (Lipinski definition) is 2. The molecule has 1 rings (SSSR count). The fourth-order valence-corrected chi connectivity index (χ4v) is 1.86. The first-order chi connectivity index (χ1) is 7.63. The summed E-state index contributed by atoms with van der Waals surface area (Å²) in [7, 11) is 0. The fourth-order valence-electron chi connectivity index (χ4n) is 1.10. The standard InChI is InChI=1S/C10H13N3O2S.BrH/c1-2-12-10(11)16-7-8-3-5-9(6-4-8)13(14)15;/h3-6H,2,7H2,1H3,(H2,11,12);1H. The third-order valence-electron chi connectivity index (χ3n) is 1.89. The second kappa shape index (κ2) is 8.08. The van der Waals surface area contributed by atoms with E-state index in [9.17, 15) is 10.1 Å². The van der Waals surface area contributed by atoms with Gasteiger partial charge in [0, 0.05) is 17.9 Å². The molecule has 0 aliphatic carbocycles. The molecule has 0 saturated carbocycles. The minimum absolute atomic E-state index is 0. The summed E-state index contributed by atoms with van der Waals surface area (Å²) in [5.41, 5.74) is 6.79. The summed E-state index contributed by atoms with van der Waals surface area (Å²) in [6.45, 7) is 2.76. The number of amidine groups is 1. The molecule has 0 atom stereocenters. The van der Waals surface area contributed by atoms with Crippen molar-refractivity contribution in [3.8, 4) is 0 Å². The summed E-state index contributed by atoms with van der Waals surface area (Å²) in [5, 5.41) is 11.1. The number of non-ortho nitro benzene ring substituents is 1. The molecule has 1 aromatic carbocycles. The Labute approximate surface area is 114 Å². The summed E-state index contributed by atoms with van der Waals surface area (Å²) in [6, 6.07) is 6.48. The van der Waals surface area contributed by atoms with Crippen LogP contribution in [-0.4, -0.2) is 16.6 Å². The molecule has 0 aliphatic rings. The third-order valence-corrected chi connectivity index (χ3v) is 2.83. The number of nitro benzene ring substituents is 1. The summed E-state index contributed by atoms with van der Waals surface area (Å²) in [4.78, 5) is 13.0. The minimum atomic E-state index is -0.407. The average Bonchev–Trinajstić information content (AvgIpc) is 2.27. The second-order valence-corrected chi connectivity index (χ2v) is 4.12. The summed E-state index contributed by atoms with van der Waals surface area (Å²) < 4.78 is 0. The number of nitrogens with one attached hydrogen (secondary N) is 1. The van der Waals surface area contributed by atoms with Crippen LogP contribution in [0.3, 0.4) is 0 Å². The summed E-state index contributed by atoms with van der Waals surface area (Å²) in [6.07, 6.45) is 0. The molecule has 0 bridgehead atoms. The third kappa shape index (κ3) is 5.69. The molecule has 0 aromatic heterocycles. The quantitative estimate of drug-likeness (QED) is 0.273. The van der Waals surface area contributed by atoms with Crippen LogP contribution in [0.2, 0.25) is 0 Å². The largest absolute Gasteiger partial charge is 1.00 e. The second-order valence-electron chi connectivity index (χ2n) is 3.11. The fraction of sp³-hybridized carbons (Fsp3) is 0.300. The van der Waals surface area contributed by atoms with Gasteiger partial charge in [0.05, 0.1) is 11.5 Å². The number of thioether (sulfide) groups is 1. The Kier molecular flexibility index (Phi) is 7.56. The molecule has 5 nitrogen and oxygen atoms in total. The Morgan fingerprint density at radius 1 is 1.47 bits per heavy atom. The van der Waals surface area contributed by atoms with Crippen LogP contribution in [0, 0.1) is 10.1 Å². The highest BCUT2D eigenvalue weighted by atomic mass is 79.9. The Morgan fingerprint density at radius 2 is 2.06 bits per heavy atom. The number of halogens is 1. The van der Waals surface area contributed by atoms with Gasteiger partial charge in [-0.15, -0.1) is 0 Å². The topological polar surface area (TPSA) is 83.1 Å². The smallest absolute Gasteiger partial charge is 0.302 e. The molecule has 17 heavy (non-hydrogen) atoms. The van der Waals surface area contributed by atoms with E-state index in [1.807, 2.05) is 6.92 Å². The van der Waals surface area contributed by atoms with Crippen LogP contribution in [-0.2, 0) is 5.75 Å². The molecule has 0 unspecified atom stereocenters. The lowest BCUT2D eigenvalue weighted by molar-refractivity contribution is -0.450. The van der Waals surface area contributed by atoms with Crippen molar-refractivity contribution in [2.45, 2.75) is 12.7 Å². The van der Waals surface area contributed by atoms with Crippen molar-refractivity contribution in [1.82, 2.24) is 0 Å². The van der Waals surface area contributed by atoms with Gasteiger partial charge in [0.25, 0.3) is 5.69 Å². The molecule has 0 amide bonds. The maximum Gasteiger partial charge on any atom is 0.302 e. The van der Waals surface area contributed by atoms with Gasteiger partial charge in [0.15, 0.2) is 0 Å². The number of benzene rings is 1. The molecular formula is C10H14BrN3O2S. The van der Waals surface area contributed by atoms with Crippen LogP contribution in [0.25, 0.3) is 0 Å². The van der Waals surface area contributed by atoms with E-state index in [4.69, 9.17) is 5.73 Å². The van der Waals surface area contributed by atoms with Gasteiger partial charge >= 0.3 is 5.17 Å². The Morgan fingerprint density at radius 3 is 2.53 bits per heavy atom. The van der Waals surface area contributed by atoms with Gasteiger partial charge in [0.1, 0.15) is 0 Å². The van der Waals surface area contributed by atoms with Crippen molar-refractivity contribution in [3.63, 3.8) is 0 Å². The van der Waals surface area contributed by atoms with E-state index in [0.29, 0.717) is 10.9 Å². The molecule has 0 heterocycles. The number of nitrogens with zero attached hydrogens (tertiary/aromatic N) is 1. The lowest BCUT2D eigenvalue weighted by Crippen LogP contribution is -3.00. The Bertz CT molecular complexity index is 395. The van der Waals surface area contributed by atoms with E-state index < -0.39 is 4.92 Å². The van der Waals surface area contributed by atoms with Crippen LogP contribution in [0.1, 0.15) is 12.5 Å². The van der Waals surface area contributed by atoms with Crippen molar-refractivity contribution in [2.24, 2.45) is 5.73 Å². The molecule has 0 radical (unpaired) electrons. The Balaban J connectivity index is 0.00000256. The van der Waals surface area contributed by atoms with Gasteiger partial charge in [0.2, 0.25) is 0 Å². The number of nitro groups is 1. The monoisotopic (exact) mass is 319 g/mol. The van der Waals surface area contributed by atoms with Crippen molar-refractivity contribution in [3.05, 3.63) is 39.9 Å². The van der Waals surface area contributed by atoms with E-state index in [2.05, 4.69) is 4.99 Å². The zero-order chi connectivity index (χ0) is 12.0. The zero-order valence-corrected chi connectivity index (χ0v) is 11.8. The molecule has 0 fully saturated rings. The summed E-state index contributed by atoms with van der Waals surface area (Å²) in [5.74, 6) is 0.705. The first kappa shape index (κ1) is 15.9. The predicted molar refractivity (Wildman–Crippen MR) is 65.1 cm³/mol. The van der Waals surface area contributed by atoms with E-state index in [1.54, 1.807) is 12.1 Å². The van der Waals surface area contributed by atoms with Crippen LogP contribution in [0.5, 0.6) is 0 Å². The molecule has 7 heteroatoms. The molecule has 0 aliphatic heterocycles. The zero-order valence-electron chi connectivity index (χ0n) is 9.35. The van der Waals surface area contributed by atoms with Gasteiger partial charge in [-0.3, -0.25) is 20.8 Å². The minimum Gasteiger partial charge on any atom is -1.00 e. The van der Waals surface area contributed by atoms with Crippen LogP contribution < -0.4 is 27.7 Å². The van der Waals surface area contributed by atoms with Crippen LogP contribution in [0.4, 0.5) is 5.69 Å². The van der Waals surface area contributed by atoms with E-state index in [0.717, 1.165) is 12.1 Å². The van der Waals surface area contributed by atoms with Gasteiger partial charge < -0.3 is 17.0 Å². The van der Waals surface area contributed by atoms with Gasteiger partial charge in [-0.2, -0.15) is 0 Å². The average molecular weight is 320 g/mol. The molecule has 0 spiro atoms. The molecular weight excluding hydrogens is 306 g/mol. The number of nitrogens with two attached hydrogens (primary N) is 1. The normalized spacial score (nSPS) is 10.8. The van der Waals surface area contributed by atoms with Gasteiger partial charge in [-0.1, -0.05) is 12.1 Å². The highest BCUT2D eigenvalue weighted by Crippen LogP contribution is 2.15. The maximum absolute atomic E-state index is 10.4. The highest BCUT2D eigenvalue weighted by molar-refractivity contribution is 8.12. The lowest BCUT2D eigenvalue weighted by Gasteiger charge is -1.98. The number of rotatable bonds is 4. The van der Waals surface area contributed by atoms with E-state index in [1.165, 1.54) is 23.9 Å². The SMILES string of the molecule is CC[NH+]=C(N)SCc1ccc([N+](=O)[O-])cc1.[Br-]. The van der Waals surface area contributed by atoms with Gasteiger partial charge in [-0.05, 0) is 24.2 Å². The predicted octanol–water partition coefficient (Wildman–Crippen LogP) is -2.75. The first-order valence-corrected chi connectivity index (χ1v) is 5.84. The van der Waals surface area contributed by atoms with Crippen molar-refractivity contribution in [2.75, 3.05) is 6.54 Å².